The SMILES string of the molecule is Cn1ncnc1CC(NC(=O)OC(C)(C)C)C(=O)O. The molecule has 19 heavy (non-hydrogen) atoms. The Morgan fingerprint density at radius 2 is 2.16 bits per heavy atom. The minimum Gasteiger partial charge on any atom is -0.480 e. The Bertz CT molecular complexity index is 464. The van der Waals surface area contributed by atoms with Crippen LogP contribution in [0.1, 0.15) is 26.6 Å². The van der Waals surface area contributed by atoms with Crippen LogP contribution in [-0.2, 0) is 23.0 Å². The van der Waals surface area contributed by atoms with Crippen LogP contribution >= 0.6 is 0 Å². The highest BCUT2D eigenvalue weighted by Crippen LogP contribution is 2.07. The molecular formula is C11H18N4O4. The predicted molar refractivity (Wildman–Crippen MR) is 65.5 cm³/mol. The van der Waals surface area contributed by atoms with Gasteiger partial charge in [-0.3, -0.25) is 4.68 Å². The second-order valence-corrected chi connectivity index (χ2v) is 5.04. The molecular weight excluding hydrogens is 252 g/mol. The number of alkyl carbamates (subject to hydrolysis) is 1. The van der Waals surface area contributed by atoms with Gasteiger partial charge in [-0.1, -0.05) is 0 Å². The molecule has 2 N–H and O–H groups in total. The fraction of sp³-hybridized carbons (Fsp3) is 0.636. The minimum absolute atomic E-state index is 0.0328. The van der Waals surface area contributed by atoms with Crippen LogP contribution in [0, 0.1) is 0 Å². The molecule has 0 fully saturated rings. The van der Waals surface area contributed by atoms with Crippen molar-refractivity contribution in [3.05, 3.63) is 12.2 Å². The van der Waals surface area contributed by atoms with Gasteiger partial charge < -0.3 is 15.2 Å². The van der Waals surface area contributed by atoms with Crippen LogP contribution in [0.4, 0.5) is 4.79 Å². The van der Waals surface area contributed by atoms with Crippen molar-refractivity contribution in [2.24, 2.45) is 7.05 Å². The first-order chi connectivity index (χ1) is 8.69. The maximum absolute atomic E-state index is 11.5. The lowest BCUT2D eigenvalue weighted by molar-refractivity contribution is -0.139. The zero-order valence-electron chi connectivity index (χ0n) is 11.4. The molecule has 0 spiro atoms. The second kappa shape index (κ2) is 5.68. The molecule has 1 heterocycles. The smallest absolute Gasteiger partial charge is 0.408 e. The fourth-order valence-electron chi connectivity index (χ4n) is 1.34. The summed E-state index contributed by atoms with van der Waals surface area (Å²) in [5.41, 5.74) is -0.683. The number of rotatable bonds is 4. The van der Waals surface area contributed by atoms with Gasteiger partial charge in [0.25, 0.3) is 0 Å². The van der Waals surface area contributed by atoms with Crippen LogP contribution in [0.25, 0.3) is 0 Å². The first-order valence-electron chi connectivity index (χ1n) is 5.74. The summed E-state index contributed by atoms with van der Waals surface area (Å²) in [4.78, 5) is 26.6. The molecule has 106 valence electrons. The molecule has 0 saturated carbocycles. The van der Waals surface area contributed by atoms with Gasteiger partial charge >= 0.3 is 12.1 Å². The molecule has 8 nitrogen and oxygen atoms in total. The van der Waals surface area contributed by atoms with Gasteiger partial charge in [-0.2, -0.15) is 5.10 Å². The van der Waals surface area contributed by atoms with E-state index in [1.54, 1.807) is 27.8 Å². The molecule has 1 atom stereocenters. The van der Waals surface area contributed by atoms with Crippen LogP contribution in [0.15, 0.2) is 6.33 Å². The van der Waals surface area contributed by atoms with E-state index in [1.165, 1.54) is 11.0 Å². The van der Waals surface area contributed by atoms with Crippen LogP contribution < -0.4 is 5.32 Å². The third kappa shape index (κ3) is 4.94. The predicted octanol–water partition coefficient (Wildman–Crippen LogP) is 0.335. The Balaban J connectivity index is 2.67. The van der Waals surface area contributed by atoms with Gasteiger partial charge in [-0.15, -0.1) is 0 Å². The highest BCUT2D eigenvalue weighted by Gasteiger charge is 2.25. The lowest BCUT2D eigenvalue weighted by atomic mass is 10.2. The molecule has 0 aliphatic carbocycles. The molecule has 0 bridgehead atoms. The largest absolute Gasteiger partial charge is 0.480 e. The average molecular weight is 270 g/mol. The van der Waals surface area contributed by atoms with Crippen molar-refractivity contribution >= 4 is 12.1 Å². The van der Waals surface area contributed by atoms with Gasteiger partial charge in [-0.25, -0.2) is 14.6 Å². The van der Waals surface area contributed by atoms with Gasteiger partial charge in [0.1, 0.15) is 23.8 Å². The number of hydrogen-bond acceptors (Lipinski definition) is 5. The summed E-state index contributed by atoms with van der Waals surface area (Å²) in [5.74, 6) is -0.697. The normalized spacial score (nSPS) is 12.8. The average Bonchev–Trinajstić information content (AvgIpc) is 2.60. The number of ether oxygens (including phenoxy) is 1. The van der Waals surface area contributed by atoms with Crippen molar-refractivity contribution in [1.82, 2.24) is 20.1 Å². The Morgan fingerprint density at radius 3 is 2.58 bits per heavy atom. The van der Waals surface area contributed by atoms with Gasteiger partial charge in [0.15, 0.2) is 0 Å². The third-order valence-corrected chi connectivity index (χ3v) is 2.18. The molecule has 0 aromatic carbocycles. The number of nitrogens with zero attached hydrogens (tertiary/aromatic N) is 3. The zero-order valence-corrected chi connectivity index (χ0v) is 11.4. The highest BCUT2D eigenvalue weighted by molar-refractivity contribution is 5.80. The maximum atomic E-state index is 11.5. The number of hydrogen-bond donors (Lipinski definition) is 2. The molecule has 1 aromatic heterocycles. The van der Waals surface area contributed by atoms with Crippen molar-refractivity contribution in [2.75, 3.05) is 0 Å². The number of carbonyl (C=O) groups is 2. The number of nitrogens with one attached hydrogen (secondary N) is 1. The molecule has 1 rings (SSSR count). The summed E-state index contributed by atoms with van der Waals surface area (Å²) in [7, 11) is 1.65. The summed E-state index contributed by atoms with van der Waals surface area (Å²) >= 11 is 0. The molecule has 1 amide bonds. The second-order valence-electron chi connectivity index (χ2n) is 5.04. The van der Waals surface area contributed by atoms with Crippen LogP contribution in [-0.4, -0.2) is 43.6 Å². The van der Waals surface area contributed by atoms with E-state index in [0.29, 0.717) is 5.82 Å². The number of carbonyl (C=O) groups excluding carboxylic acids is 1. The van der Waals surface area contributed by atoms with Gasteiger partial charge in [0, 0.05) is 13.5 Å². The lowest BCUT2D eigenvalue weighted by Crippen LogP contribution is -2.45. The third-order valence-electron chi connectivity index (χ3n) is 2.18. The summed E-state index contributed by atoms with van der Waals surface area (Å²) in [6.45, 7) is 5.10. The van der Waals surface area contributed by atoms with Crippen LogP contribution in [0.3, 0.4) is 0 Å². The van der Waals surface area contributed by atoms with E-state index in [1.807, 2.05) is 0 Å². The monoisotopic (exact) mass is 270 g/mol. The van der Waals surface area contributed by atoms with E-state index in [-0.39, 0.29) is 6.42 Å². The van der Waals surface area contributed by atoms with Crippen molar-refractivity contribution in [3.8, 4) is 0 Å². The van der Waals surface area contributed by atoms with E-state index >= 15 is 0 Å². The summed E-state index contributed by atoms with van der Waals surface area (Å²) in [6.07, 6.45) is 0.578. The van der Waals surface area contributed by atoms with E-state index in [0.717, 1.165) is 0 Å². The molecule has 0 aliphatic rings. The topological polar surface area (TPSA) is 106 Å². The number of carboxylic acids is 1. The molecule has 0 aliphatic heterocycles. The maximum Gasteiger partial charge on any atom is 0.408 e. The fourth-order valence-corrected chi connectivity index (χ4v) is 1.34. The van der Waals surface area contributed by atoms with Crippen molar-refractivity contribution in [2.45, 2.75) is 38.8 Å². The number of aliphatic carboxylic acids is 1. The first-order valence-corrected chi connectivity index (χ1v) is 5.74. The van der Waals surface area contributed by atoms with Crippen molar-refractivity contribution in [3.63, 3.8) is 0 Å². The van der Waals surface area contributed by atoms with E-state index < -0.39 is 23.7 Å². The Kier molecular flexibility index (Phi) is 4.47. The van der Waals surface area contributed by atoms with Gasteiger partial charge in [0.05, 0.1) is 0 Å². The molecule has 1 unspecified atom stereocenters. The summed E-state index contributed by atoms with van der Waals surface area (Å²) < 4.78 is 6.46. The standard InChI is InChI=1S/C11H18N4O4/c1-11(2,3)19-10(18)14-7(9(16)17)5-8-12-6-13-15(8)4/h6-7H,5H2,1-4H3,(H,14,18)(H,16,17). The Morgan fingerprint density at radius 1 is 1.53 bits per heavy atom. The zero-order chi connectivity index (χ0) is 14.6. The first kappa shape index (κ1) is 14.9. The van der Waals surface area contributed by atoms with Crippen LogP contribution in [0.2, 0.25) is 0 Å². The van der Waals surface area contributed by atoms with E-state index in [9.17, 15) is 9.59 Å². The summed E-state index contributed by atoms with van der Waals surface area (Å²) in [5, 5.41) is 15.2. The van der Waals surface area contributed by atoms with Crippen molar-refractivity contribution in [1.29, 1.82) is 0 Å². The van der Waals surface area contributed by atoms with Crippen molar-refractivity contribution < 1.29 is 19.4 Å². The summed E-state index contributed by atoms with van der Waals surface area (Å²) in [6, 6.07) is -1.11. The van der Waals surface area contributed by atoms with Crippen LogP contribution in [0.5, 0.6) is 0 Å². The minimum atomic E-state index is -1.16. The Hall–Kier alpha value is -2.12. The number of aromatic nitrogens is 3. The van der Waals surface area contributed by atoms with E-state index in [2.05, 4.69) is 15.4 Å². The number of carboxylic acid groups (broad SMARTS) is 1. The van der Waals surface area contributed by atoms with Gasteiger partial charge in [-0.05, 0) is 20.8 Å². The quantitative estimate of drug-likeness (QED) is 0.816. The molecule has 8 heteroatoms. The molecule has 1 aromatic rings. The lowest BCUT2D eigenvalue weighted by Gasteiger charge is -2.21. The molecule has 0 radical (unpaired) electrons. The number of amides is 1. The highest BCUT2D eigenvalue weighted by atomic mass is 16.6. The Labute approximate surface area is 110 Å². The van der Waals surface area contributed by atoms with Gasteiger partial charge in [0.2, 0.25) is 0 Å². The molecule has 0 saturated heterocycles. The number of aryl methyl sites for hydroxylation is 1. The van der Waals surface area contributed by atoms with E-state index in [4.69, 9.17) is 9.84 Å².